The fourth-order valence-electron chi connectivity index (χ4n) is 3.12. The van der Waals surface area contributed by atoms with Gasteiger partial charge >= 0.3 is 0 Å². The van der Waals surface area contributed by atoms with Crippen molar-refractivity contribution >= 4 is 34.7 Å². The molecule has 3 aromatic rings. The number of aryl methyl sites for hydroxylation is 1. The number of amides is 1. The van der Waals surface area contributed by atoms with Crippen LogP contribution in [0, 0.1) is 12.7 Å². The van der Waals surface area contributed by atoms with Crippen LogP contribution in [0.1, 0.15) is 28.5 Å². The van der Waals surface area contributed by atoms with Crippen molar-refractivity contribution in [2.75, 3.05) is 5.75 Å². The van der Waals surface area contributed by atoms with Crippen LogP contribution in [-0.4, -0.2) is 22.4 Å². The minimum atomic E-state index is -0.283. The van der Waals surface area contributed by atoms with Crippen molar-refractivity contribution < 1.29 is 9.18 Å². The second-order valence-corrected chi connectivity index (χ2v) is 8.63. The smallest absolute Gasteiger partial charge is 0.253 e. The van der Waals surface area contributed by atoms with Gasteiger partial charge in [-0.15, -0.1) is 23.1 Å². The quantitative estimate of drug-likeness (QED) is 0.508. The summed E-state index contributed by atoms with van der Waals surface area (Å²) in [5.74, 6) is -0.0254. The molecule has 2 aromatic carbocycles. The minimum absolute atomic E-state index is 0.0496. The van der Waals surface area contributed by atoms with Crippen LogP contribution < -0.4 is 0 Å². The number of halogens is 1. The first-order chi connectivity index (χ1) is 13.6. The average Bonchev–Trinajstić information content (AvgIpc) is 3.38. The highest BCUT2D eigenvalue weighted by atomic mass is 32.2. The van der Waals surface area contributed by atoms with E-state index < -0.39 is 0 Å². The second-order valence-electron chi connectivity index (χ2n) is 6.64. The number of thioether (sulfide) groups is 1. The van der Waals surface area contributed by atoms with E-state index in [1.807, 2.05) is 48.7 Å². The lowest BCUT2D eigenvalue weighted by atomic mass is 10.0. The molecule has 1 aliphatic rings. The number of carbonyl (C=O) groups is 1. The predicted octanol–water partition coefficient (Wildman–Crippen LogP) is 5.67. The van der Waals surface area contributed by atoms with Crippen molar-refractivity contribution in [3.63, 3.8) is 0 Å². The Labute approximate surface area is 171 Å². The SMILES string of the molecule is Cc1ccc(SCC(=O)N2N=C(c3cccs3)C[C@H]2c2ccc(F)cc2)cc1. The Bertz CT molecular complexity index is 982. The minimum Gasteiger partial charge on any atom is -0.272 e. The molecule has 0 bridgehead atoms. The Balaban J connectivity index is 1.55. The van der Waals surface area contributed by atoms with Crippen LogP contribution in [0.5, 0.6) is 0 Å². The van der Waals surface area contributed by atoms with Crippen LogP contribution in [0.15, 0.2) is 76.0 Å². The van der Waals surface area contributed by atoms with Crippen LogP contribution >= 0.6 is 23.1 Å². The van der Waals surface area contributed by atoms with Gasteiger partial charge in [0, 0.05) is 11.3 Å². The molecule has 0 aliphatic carbocycles. The summed E-state index contributed by atoms with van der Waals surface area (Å²) < 4.78 is 13.4. The summed E-state index contributed by atoms with van der Waals surface area (Å²) in [6.45, 7) is 2.04. The number of hydrazone groups is 1. The first kappa shape index (κ1) is 18.9. The molecule has 0 spiro atoms. The Morgan fingerprint density at radius 3 is 2.61 bits per heavy atom. The maximum absolute atomic E-state index is 13.4. The fourth-order valence-corrected chi connectivity index (χ4v) is 4.59. The van der Waals surface area contributed by atoms with Crippen molar-refractivity contribution in [2.45, 2.75) is 24.3 Å². The standard InChI is InChI=1S/C22H19FN2OS2/c1-15-4-10-18(11-5-15)28-14-22(26)25-20(16-6-8-17(23)9-7-16)13-19(24-25)21-3-2-12-27-21/h2-12,20H,13-14H2,1H3/t20-/m0/s1. The lowest BCUT2D eigenvalue weighted by molar-refractivity contribution is -0.130. The summed E-state index contributed by atoms with van der Waals surface area (Å²) in [6.07, 6.45) is 0.632. The van der Waals surface area contributed by atoms with Gasteiger partial charge in [0.05, 0.1) is 22.4 Å². The normalized spacial score (nSPS) is 16.3. The van der Waals surface area contributed by atoms with Crippen molar-refractivity contribution in [3.8, 4) is 0 Å². The van der Waals surface area contributed by atoms with Gasteiger partial charge in [-0.05, 0) is 48.2 Å². The van der Waals surface area contributed by atoms with Crippen LogP contribution in [0.2, 0.25) is 0 Å². The second kappa shape index (κ2) is 8.29. The molecule has 0 N–H and O–H groups in total. The van der Waals surface area contributed by atoms with Gasteiger partial charge in [-0.1, -0.05) is 35.9 Å². The van der Waals surface area contributed by atoms with E-state index in [1.54, 1.807) is 28.5 Å². The maximum Gasteiger partial charge on any atom is 0.253 e. The molecule has 2 heterocycles. The number of benzene rings is 2. The molecule has 142 valence electrons. The van der Waals surface area contributed by atoms with Crippen molar-refractivity contribution in [1.82, 2.24) is 5.01 Å². The highest BCUT2D eigenvalue weighted by molar-refractivity contribution is 8.00. The van der Waals surface area contributed by atoms with Crippen molar-refractivity contribution in [2.24, 2.45) is 5.10 Å². The largest absolute Gasteiger partial charge is 0.272 e. The van der Waals surface area contributed by atoms with E-state index in [0.717, 1.165) is 21.0 Å². The molecule has 3 nitrogen and oxygen atoms in total. The third-order valence-electron chi connectivity index (χ3n) is 4.61. The molecule has 1 atom stereocenters. The van der Waals surface area contributed by atoms with Gasteiger partial charge in [0.25, 0.3) is 5.91 Å². The van der Waals surface area contributed by atoms with Crippen LogP contribution in [0.4, 0.5) is 4.39 Å². The van der Waals surface area contributed by atoms with Crippen LogP contribution in [-0.2, 0) is 4.79 Å². The van der Waals surface area contributed by atoms with E-state index in [9.17, 15) is 9.18 Å². The topological polar surface area (TPSA) is 32.7 Å². The summed E-state index contributed by atoms with van der Waals surface area (Å²) in [7, 11) is 0. The van der Waals surface area contributed by atoms with Gasteiger partial charge in [-0.3, -0.25) is 4.79 Å². The molecule has 6 heteroatoms. The average molecular weight is 411 g/mol. The highest BCUT2D eigenvalue weighted by Crippen LogP contribution is 2.34. The van der Waals surface area contributed by atoms with Crippen molar-refractivity contribution in [1.29, 1.82) is 0 Å². The highest BCUT2D eigenvalue weighted by Gasteiger charge is 2.33. The van der Waals surface area contributed by atoms with E-state index >= 15 is 0 Å². The Morgan fingerprint density at radius 1 is 1.18 bits per heavy atom. The Kier molecular flexibility index (Phi) is 5.59. The number of rotatable bonds is 5. The lowest BCUT2D eigenvalue weighted by Crippen LogP contribution is -2.28. The molecule has 1 amide bonds. The van der Waals surface area contributed by atoms with Crippen LogP contribution in [0.3, 0.4) is 0 Å². The molecule has 0 radical (unpaired) electrons. The van der Waals surface area contributed by atoms with Gasteiger partial charge in [0.2, 0.25) is 0 Å². The van der Waals surface area contributed by atoms with E-state index in [1.165, 1.54) is 29.5 Å². The van der Waals surface area contributed by atoms with Gasteiger partial charge in [0.1, 0.15) is 5.82 Å². The lowest BCUT2D eigenvalue weighted by Gasteiger charge is -2.22. The molecule has 0 unspecified atom stereocenters. The molecule has 0 fully saturated rings. The first-order valence-electron chi connectivity index (χ1n) is 8.98. The molecule has 4 rings (SSSR count). The van der Waals surface area contributed by atoms with Gasteiger partial charge in [-0.25, -0.2) is 9.40 Å². The summed E-state index contributed by atoms with van der Waals surface area (Å²) in [5, 5.41) is 8.22. The number of hydrogen-bond donors (Lipinski definition) is 0. The molecule has 0 saturated carbocycles. The van der Waals surface area contributed by atoms with Gasteiger partial charge < -0.3 is 0 Å². The van der Waals surface area contributed by atoms with E-state index in [0.29, 0.717) is 12.2 Å². The molecule has 28 heavy (non-hydrogen) atoms. The summed E-state index contributed by atoms with van der Waals surface area (Å²) in [4.78, 5) is 15.1. The number of nitrogens with zero attached hydrogens (tertiary/aromatic N) is 2. The molecular formula is C22H19FN2OS2. The fraction of sp³-hybridized carbons (Fsp3) is 0.182. The zero-order valence-corrected chi connectivity index (χ0v) is 17.0. The summed E-state index contributed by atoms with van der Waals surface area (Å²) in [6, 6.07) is 18.3. The van der Waals surface area contributed by atoms with Crippen LogP contribution in [0.25, 0.3) is 0 Å². The molecular weight excluding hydrogens is 391 g/mol. The Morgan fingerprint density at radius 2 is 1.93 bits per heavy atom. The number of thiophene rings is 1. The molecule has 0 saturated heterocycles. The summed E-state index contributed by atoms with van der Waals surface area (Å²) in [5.41, 5.74) is 2.99. The third-order valence-corrected chi connectivity index (χ3v) is 6.53. The molecule has 1 aromatic heterocycles. The van der Waals surface area contributed by atoms with E-state index in [2.05, 4.69) is 5.10 Å². The van der Waals surface area contributed by atoms with Gasteiger partial charge in [-0.2, -0.15) is 5.10 Å². The Hall–Kier alpha value is -2.44. The van der Waals surface area contributed by atoms with Gasteiger partial charge in [0.15, 0.2) is 0 Å². The monoisotopic (exact) mass is 410 g/mol. The number of hydrogen-bond acceptors (Lipinski definition) is 4. The van der Waals surface area contributed by atoms with E-state index in [4.69, 9.17) is 0 Å². The first-order valence-corrected chi connectivity index (χ1v) is 10.8. The van der Waals surface area contributed by atoms with E-state index in [-0.39, 0.29) is 17.8 Å². The zero-order chi connectivity index (χ0) is 19.5. The zero-order valence-electron chi connectivity index (χ0n) is 15.3. The van der Waals surface area contributed by atoms with Crippen molar-refractivity contribution in [3.05, 3.63) is 87.9 Å². The third kappa shape index (κ3) is 4.18. The molecule has 1 aliphatic heterocycles. The maximum atomic E-state index is 13.4. The predicted molar refractivity (Wildman–Crippen MR) is 113 cm³/mol. The number of carbonyl (C=O) groups excluding carboxylic acids is 1. The summed E-state index contributed by atoms with van der Waals surface area (Å²) >= 11 is 3.12.